The van der Waals surface area contributed by atoms with Gasteiger partial charge in [-0.15, -0.1) is 0 Å². The van der Waals surface area contributed by atoms with E-state index in [0.29, 0.717) is 14.5 Å². The van der Waals surface area contributed by atoms with Crippen molar-refractivity contribution in [3.63, 3.8) is 0 Å². The SMILES string of the molecule is Fc1cc(Br)cc(F)c1NCc1ccc(Cl)c(Cl)c1. The van der Waals surface area contributed by atoms with Crippen LogP contribution in [0.15, 0.2) is 34.8 Å². The molecule has 0 saturated heterocycles. The third-order valence-electron chi connectivity index (χ3n) is 2.46. The van der Waals surface area contributed by atoms with E-state index in [2.05, 4.69) is 21.2 Å². The minimum atomic E-state index is -0.660. The third kappa shape index (κ3) is 3.59. The summed E-state index contributed by atoms with van der Waals surface area (Å²) >= 11 is 14.7. The Morgan fingerprint density at radius 1 is 1.00 bits per heavy atom. The lowest BCUT2D eigenvalue weighted by Gasteiger charge is -2.10. The van der Waals surface area contributed by atoms with Crippen molar-refractivity contribution < 1.29 is 8.78 Å². The summed E-state index contributed by atoms with van der Waals surface area (Å²) in [5.41, 5.74) is 0.602. The Morgan fingerprint density at radius 3 is 2.21 bits per heavy atom. The third-order valence-corrected chi connectivity index (χ3v) is 3.66. The summed E-state index contributed by atoms with van der Waals surface area (Å²) < 4.78 is 27.5. The van der Waals surface area contributed by atoms with E-state index < -0.39 is 11.6 Å². The molecule has 0 atom stereocenters. The number of anilines is 1. The van der Waals surface area contributed by atoms with Crippen molar-refractivity contribution in [3.8, 4) is 0 Å². The van der Waals surface area contributed by atoms with Gasteiger partial charge >= 0.3 is 0 Å². The van der Waals surface area contributed by atoms with Gasteiger partial charge in [-0.05, 0) is 29.8 Å². The van der Waals surface area contributed by atoms with Crippen LogP contribution in [0.2, 0.25) is 10.0 Å². The lowest BCUT2D eigenvalue weighted by Crippen LogP contribution is -2.04. The van der Waals surface area contributed by atoms with Gasteiger partial charge in [0.25, 0.3) is 0 Å². The molecule has 2 rings (SSSR count). The number of benzene rings is 2. The summed E-state index contributed by atoms with van der Waals surface area (Å²) in [4.78, 5) is 0. The van der Waals surface area contributed by atoms with Gasteiger partial charge in [-0.2, -0.15) is 0 Å². The molecular formula is C13H8BrCl2F2N. The summed E-state index contributed by atoms with van der Waals surface area (Å²) in [6.07, 6.45) is 0. The van der Waals surface area contributed by atoms with Crippen LogP contribution in [0, 0.1) is 11.6 Å². The Labute approximate surface area is 127 Å². The molecule has 0 bridgehead atoms. The van der Waals surface area contributed by atoms with Gasteiger partial charge in [0.1, 0.15) is 17.3 Å². The van der Waals surface area contributed by atoms with Crippen LogP contribution in [0.4, 0.5) is 14.5 Å². The van der Waals surface area contributed by atoms with E-state index in [1.54, 1.807) is 18.2 Å². The first-order valence-electron chi connectivity index (χ1n) is 5.29. The largest absolute Gasteiger partial charge is 0.376 e. The van der Waals surface area contributed by atoms with E-state index in [1.807, 2.05) is 0 Å². The molecule has 0 heterocycles. The van der Waals surface area contributed by atoms with Crippen LogP contribution in [0.5, 0.6) is 0 Å². The van der Waals surface area contributed by atoms with Crippen LogP contribution in [-0.4, -0.2) is 0 Å². The molecule has 19 heavy (non-hydrogen) atoms. The number of nitrogens with one attached hydrogen (secondary N) is 1. The Hall–Kier alpha value is -0.840. The van der Waals surface area contributed by atoms with Crippen molar-refractivity contribution in [2.24, 2.45) is 0 Å². The lowest BCUT2D eigenvalue weighted by molar-refractivity contribution is 0.586. The molecule has 0 amide bonds. The van der Waals surface area contributed by atoms with E-state index >= 15 is 0 Å². The van der Waals surface area contributed by atoms with E-state index in [1.165, 1.54) is 12.1 Å². The predicted molar refractivity (Wildman–Crippen MR) is 77.8 cm³/mol. The van der Waals surface area contributed by atoms with Crippen molar-refractivity contribution in [2.45, 2.75) is 6.54 Å². The zero-order chi connectivity index (χ0) is 14.0. The molecule has 6 heteroatoms. The van der Waals surface area contributed by atoms with Gasteiger partial charge in [0, 0.05) is 11.0 Å². The van der Waals surface area contributed by atoms with Crippen LogP contribution in [0.3, 0.4) is 0 Å². The normalized spacial score (nSPS) is 10.6. The first-order chi connectivity index (χ1) is 8.97. The Morgan fingerprint density at radius 2 is 1.63 bits per heavy atom. The zero-order valence-electron chi connectivity index (χ0n) is 9.48. The molecule has 0 aliphatic carbocycles. The molecule has 0 spiro atoms. The molecule has 1 N–H and O–H groups in total. The molecule has 0 aromatic heterocycles. The van der Waals surface area contributed by atoms with E-state index in [-0.39, 0.29) is 12.2 Å². The molecule has 0 unspecified atom stereocenters. The molecule has 2 aromatic carbocycles. The lowest BCUT2D eigenvalue weighted by atomic mass is 10.2. The molecular weight excluding hydrogens is 359 g/mol. The quantitative estimate of drug-likeness (QED) is 0.740. The Bertz CT molecular complexity index is 597. The second kappa shape index (κ2) is 6.07. The van der Waals surface area contributed by atoms with E-state index in [0.717, 1.165) is 5.56 Å². The maximum Gasteiger partial charge on any atom is 0.150 e. The van der Waals surface area contributed by atoms with Gasteiger partial charge in [-0.25, -0.2) is 8.78 Å². The smallest absolute Gasteiger partial charge is 0.150 e. The van der Waals surface area contributed by atoms with Crippen LogP contribution in [-0.2, 0) is 6.54 Å². The molecule has 0 radical (unpaired) electrons. The Balaban J connectivity index is 2.16. The molecule has 0 aliphatic rings. The molecule has 0 fully saturated rings. The van der Waals surface area contributed by atoms with Crippen LogP contribution in [0.25, 0.3) is 0 Å². The van der Waals surface area contributed by atoms with Crippen molar-refractivity contribution in [1.82, 2.24) is 0 Å². The average molecular weight is 367 g/mol. The minimum Gasteiger partial charge on any atom is -0.376 e. The topological polar surface area (TPSA) is 12.0 Å². The van der Waals surface area contributed by atoms with Gasteiger partial charge in [0.2, 0.25) is 0 Å². The maximum atomic E-state index is 13.6. The molecule has 0 saturated carbocycles. The number of hydrogen-bond donors (Lipinski definition) is 1. The summed E-state index contributed by atoms with van der Waals surface area (Å²) in [6.45, 7) is 0.242. The highest BCUT2D eigenvalue weighted by Crippen LogP contribution is 2.26. The summed E-state index contributed by atoms with van der Waals surface area (Å²) in [5.74, 6) is -1.32. The van der Waals surface area contributed by atoms with E-state index in [4.69, 9.17) is 23.2 Å². The standard InChI is InChI=1S/C13H8BrCl2F2N/c14-8-4-11(17)13(12(18)5-8)19-6-7-1-2-9(15)10(16)3-7/h1-5,19H,6H2. The van der Waals surface area contributed by atoms with Gasteiger partial charge in [0.15, 0.2) is 0 Å². The maximum absolute atomic E-state index is 13.6. The van der Waals surface area contributed by atoms with E-state index in [9.17, 15) is 8.78 Å². The van der Waals surface area contributed by atoms with Gasteiger partial charge < -0.3 is 5.32 Å². The highest BCUT2D eigenvalue weighted by molar-refractivity contribution is 9.10. The average Bonchev–Trinajstić information content (AvgIpc) is 2.32. The molecule has 0 aliphatic heterocycles. The first kappa shape index (κ1) is 14.6. The minimum absolute atomic E-state index is 0.172. The van der Waals surface area contributed by atoms with Gasteiger partial charge in [-0.1, -0.05) is 45.2 Å². The summed E-state index contributed by atoms with van der Waals surface area (Å²) in [6, 6.07) is 7.40. The van der Waals surface area contributed by atoms with Crippen LogP contribution < -0.4 is 5.32 Å². The Kier molecular flexibility index (Phi) is 4.66. The number of halogens is 5. The fourth-order valence-electron chi connectivity index (χ4n) is 1.55. The van der Waals surface area contributed by atoms with Crippen molar-refractivity contribution >= 4 is 44.8 Å². The number of rotatable bonds is 3. The molecule has 2 aromatic rings. The molecule has 1 nitrogen and oxygen atoms in total. The van der Waals surface area contributed by atoms with Gasteiger partial charge in [-0.3, -0.25) is 0 Å². The highest BCUT2D eigenvalue weighted by Gasteiger charge is 2.10. The van der Waals surface area contributed by atoms with Crippen molar-refractivity contribution in [2.75, 3.05) is 5.32 Å². The predicted octanol–water partition coefficient (Wildman–Crippen LogP) is 5.65. The monoisotopic (exact) mass is 365 g/mol. The second-order valence-corrected chi connectivity index (χ2v) is 5.58. The summed E-state index contributed by atoms with van der Waals surface area (Å²) in [7, 11) is 0. The summed E-state index contributed by atoms with van der Waals surface area (Å²) in [5, 5.41) is 3.54. The highest BCUT2D eigenvalue weighted by atomic mass is 79.9. The number of hydrogen-bond acceptors (Lipinski definition) is 1. The zero-order valence-corrected chi connectivity index (χ0v) is 12.6. The van der Waals surface area contributed by atoms with Crippen molar-refractivity contribution in [3.05, 3.63) is 62.0 Å². The van der Waals surface area contributed by atoms with Gasteiger partial charge in [0.05, 0.1) is 10.0 Å². The second-order valence-electron chi connectivity index (χ2n) is 3.85. The van der Waals surface area contributed by atoms with Crippen molar-refractivity contribution in [1.29, 1.82) is 0 Å². The molecule has 100 valence electrons. The van der Waals surface area contributed by atoms with Crippen LogP contribution in [0.1, 0.15) is 5.56 Å². The van der Waals surface area contributed by atoms with Crippen LogP contribution >= 0.6 is 39.1 Å². The fourth-order valence-corrected chi connectivity index (χ4v) is 2.27. The first-order valence-corrected chi connectivity index (χ1v) is 6.84. The fraction of sp³-hybridized carbons (Fsp3) is 0.0769.